The first-order valence-electron chi connectivity index (χ1n) is 10.9. The van der Waals surface area contributed by atoms with Crippen molar-refractivity contribution in [3.63, 3.8) is 0 Å². The highest BCUT2D eigenvalue weighted by Crippen LogP contribution is 2.41. The Bertz CT molecular complexity index is 1100. The van der Waals surface area contributed by atoms with Gasteiger partial charge in [-0.05, 0) is 48.6 Å². The molecule has 2 aromatic rings. The number of nitrogens with one attached hydrogen (secondary N) is 1. The molecule has 0 aromatic heterocycles. The monoisotopic (exact) mass is 435 g/mol. The summed E-state index contributed by atoms with van der Waals surface area (Å²) in [7, 11) is 0. The fourth-order valence-corrected chi connectivity index (χ4v) is 4.75. The van der Waals surface area contributed by atoms with Gasteiger partial charge in [0.2, 0.25) is 5.91 Å². The van der Waals surface area contributed by atoms with E-state index >= 15 is 0 Å². The third kappa shape index (κ3) is 3.26. The molecule has 3 aliphatic rings. The van der Waals surface area contributed by atoms with Crippen LogP contribution in [0.2, 0.25) is 0 Å². The number of nitrogens with zero attached hydrogens (tertiary/aromatic N) is 2. The Labute approximate surface area is 186 Å². The molecule has 2 aliphatic heterocycles. The Kier molecular flexibility index (Phi) is 5.00. The van der Waals surface area contributed by atoms with Gasteiger partial charge in [0.25, 0.3) is 5.91 Å². The molecule has 8 heteroatoms. The zero-order chi connectivity index (χ0) is 22.3. The number of rotatable bonds is 5. The number of likely N-dealkylation sites (N-methyl/N-ethyl adjacent to an activating group) is 1. The number of imide groups is 1. The van der Waals surface area contributed by atoms with Crippen LogP contribution in [0.1, 0.15) is 30.0 Å². The van der Waals surface area contributed by atoms with Crippen LogP contribution in [0, 0.1) is 0 Å². The number of hydrogen-bond donors (Lipinski definition) is 1. The maximum Gasteiger partial charge on any atom is 0.325 e. The van der Waals surface area contributed by atoms with Crippen molar-refractivity contribution < 1.29 is 23.9 Å². The van der Waals surface area contributed by atoms with Crippen LogP contribution in [0.5, 0.6) is 11.5 Å². The number of hydrogen-bond acceptors (Lipinski definition) is 5. The molecule has 1 saturated heterocycles. The van der Waals surface area contributed by atoms with Crippen LogP contribution >= 0.6 is 0 Å². The molecule has 0 radical (unpaired) electrons. The van der Waals surface area contributed by atoms with Gasteiger partial charge < -0.3 is 19.7 Å². The number of aryl methyl sites for hydroxylation is 1. The Morgan fingerprint density at radius 2 is 1.91 bits per heavy atom. The summed E-state index contributed by atoms with van der Waals surface area (Å²) >= 11 is 0. The summed E-state index contributed by atoms with van der Waals surface area (Å²) in [6, 6.07) is 12.7. The van der Waals surface area contributed by atoms with Crippen molar-refractivity contribution >= 4 is 17.8 Å². The average molecular weight is 435 g/mol. The van der Waals surface area contributed by atoms with E-state index in [0.717, 1.165) is 28.0 Å². The molecule has 4 amide bonds. The SMILES string of the molecule is CCN(Cc1ccc2c(c1)OCCO2)C(=O)CN1C(=O)N[C@@]2(CCc3ccccc32)C1=O. The van der Waals surface area contributed by atoms with Gasteiger partial charge >= 0.3 is 6.03 Å². The molecule has 1 fully saturated rings. The molecule has 8 nitrogen and oxygen atoms in total. The van der Waals surface area contributed by atoms with E-state index in [-0.39, 0.29) is 18.4 Å². The summed E-state index contributed by atoms with van der Waals surface area (Å²) < 4.78 is 11.2. The zero-order valence-electron chi connectivity index (χ0n) is 17.9. The van der Waals surface area contributed by atoms with Crippen molar-refractivity contribution in [2.24, 2.45) is 0 Å². The Morgan fingerprint density at radius 3 is 2.72 bits per heavy atom. The van der Waals surface area contributed by atoms with Crippen LogP contribution in [0.25, 0.3) is 0 Å². The minimum Gasteiger partial charge on any atom is -0.486 e. The molecule has 2 aromatic carbocycles. The molecule has 5 rings (SSSR count). The van der Waals surface area contributed by atoms with E-state index < -0.39 is 11.6 Å². The first kappa shape index (κ1) is 20.4. The second-order valence-corrected chi connectivity index (χ2v) is 8.27. The van der Waals surface area contributed by atoms with Crippen LogP contribution in [0.15, 0.2) is 42.5 Å². The molecule has 1 aliphatic carbocycles. The predicted molar refractivity (Wildman–Crippen MR) is 115 cm³/mol. The van der Waals surface area contributed by atoms with Gasteiger partial charge in [-0.15, -0.1) is 0 Å². The van der Waals surface area contributed by atoms with Gasteiger partial charge in [0.1, 0.15) is 25.3 Å². The van der Waals surface area contributed by atoms with Crippen LogP contribution in [0.4, 0.5) is 4.79 Å². The fraction of sp³-hybridized carbons (Fsp3) is 0.375. The predicted octanol–water partition coefficient (Wildman–Crippen LogP) is 2.20. The molecule has 1 spiro atoms. The highest BCUT2D eigenvalue weighted by molar-refractivity contribution is 6.09. The Hall–Kier alpha value is -3.55. The number of urea groups is 1. The fourth-order valence-electron chi connectivity index (χ4n) is 4.75. The first-order chi connectivity index (χ1) is 15.5. The van der Waals surface area contributed by atoms with E-state index in [0.29, 0.717) is 44.2 Å². The van der Waals surface area contributed by atoms with Crippen molar-refractivity contribution in [2.75, 3.05) is 26.3 Å². The minimum atomic E-state index is -1.05. The summed E-state index contributed by atoms with van der Waals surface area (Å²) in [6.07, 6.45) is 1.23. The van der Waals surface area contributed by atoms with Gasteiger partial charge in [0.15, 0.2) is 11.5 Å². The summed E-state index contributed by atoms with van der Waals surface area (Å²) in [6.45, 7) is 3.39. The van der Waals surface area contributed by atoms with Crippen LogP contribution < -0.4 is 14.8 Å². The van der Waals surface area contributed by atoms with E-state index in [2.05, 4.69) is 5.32 Å². The summed E-state index contributed by atoms with van der Waals surface area (Å²) in [5.41, 5.74) is 1.73. The molecule has 1 atom stereocenters. The van der Waals surface area contributed by atoms with Crippen LogP contribution in [-0.2, 0) is 28.1 Å². The number of carbonyl (C=O) groups is 3. The van der Waals surface area contributed by atoms with Gasteiger partial charge in [-0.3, -0.25) is 14.5 Å². The second-order valence-electron chi connectivity index (χ2n) is 8.27. The standard InChI is InChI=1S/C24H25N3O5/c1-2-26(14-16-7-8-19-20(13-16)32-12-11-31-19)21(28)15-27-22(29)24(25-23(27)30)10-9-17-5-3-4-6-18(17)24/h3-8,13H,2,9-12,14-15H2,1H3,(H,25,30)/t24-/m1/s1. The number of ether oxygens (including phenoxy) is 2. The number of fused-ring (bicyclic) bond motifs is 3. The molecule has 32 heavy (non-hydrogen) atoms. The zero-order valence-corrected chi connectivity index (χ0v) is 17.9. The molecular formula is C24H25N3O5. The van der Waals surface area contributed by atoms with Crippen molar-refractivity contribution in [3.05, 3.63) is 59.2 Å². The van der Waals surface area contributed by atoms with Crippen LogP contribution in [0.3, 0.4) is 0 Å². The maximum atomic E-state index is 13.3. The molecule has 0 unspecified atom stereocenters. The number of amides is 4. The second kappa shape index (κ2) is 7.85. The largest absolute Gasteiger partial charge is 0.486 e. The lowest BCUT2D eigenvalue weighted by molar-refractivity contribution is -0.139. The molecule has 2 heterocycles. The Morgan fingerprint density at radius 1 is 1.12 bits per heavy atom. The quantitative estimate of drug-likeness (QED) is 0.728. The van der Waals surface area contributed by atoms with Gasteiger partial charge in [-0.1, -0.05) is 30.3 Å². The first-order valence-corrected chi connectivity index (χ1v) is 10.9. The lowest BCUT2D eigenvalue weighted by Crippen LogP contribution is -2.44. The molecule has 1 N–H and O–H groups in total. The third-order valence-electron chi connectivity index (χ3n) is 6.43. The van der Waals surface area contributed by atoms with E-state index in [1.165, 1.54) is 0 Å². The average Bonchev–Trinajstić information content (AvgIpc) is 3.30. The van der Waals surface area contributed by atoms with Crippen molar-refractivity contribution in [1.82, 2.24) is 15.1 Å². The third-order valence-corrected chi connectivity index (χ3v) is 6.43. The van der Waals surface area contributed by atoms with Gasteiger partial charge in [-0.25, -0.2) is 4.79 Å². The van der Waals surface area contributed by atoms with Gasteiger partial charge in [-0.2, -0.15) is 0 Å². The lowest BCUT2D eigenvalue weighted by atomic mass is 9.92. The van der Waals surface area contributed by atoms with E-state index in [4.69, 9.17) is 9.47 Å². The number of benzene rings is 2. The van der Waals surface area contributed by atoms with Crippen molar-refractivity contribution in [2.45, 2.75) is 31.8 Å². The summed E-state index contributed by atoms with van der Waals surface area (Å²) in [5.74, 6) is 0.717. The Balaban J connectivity index is 1.31. The smallest absolute Gasteiger partial charge is 0.325 e. The highest BCUT2D eigenvalue weighted by Gasteiger charge is 2.55. The van der Waals surface area contributed by atoms with E-state index in [1.54, 1.807) is 4.90 Å². The summed E-state index contributed by atoms with van der Waals surface area (Å²) in [4.78, 5) is 41.8. The molecule has 0 saturated carbocycles. The molecule has 0 bridgehead atoms. The van der Waals surface area contributed by atoms with Crippen molar-refractivity contribution in [3.8, 4) is 11.5 Å². The van der Waals surface area contributed by atoms with Crippen LogP contribution in [-0.4, -0.2) is 53.9 Å². The normalized spacial score (nSPS) is 21.0. The lowest BCUT2D eigenvalue weighted by Gasteiger charge is -2.25. The van der Waals surface area contributed by atoms with E-state index in [1.807, 2.05) is 49.4 Å². The maximum absolute atomic E-state index is 13.3. The van der Waals surface area contributed by atoms with Crippen molar-refractivity contribution in [1.29, 1.82) is 0 Å². The molecule has 166 valence electrons. The van der Waals surface area contributed by atoms with Gasteiger partial charge in [0.05, 0.1) is 0 Å². The molecular weight excluding hydrogens is 410 g/mol. The minimum absolute atomic E-state index is 0.283. The highest BCUT2D eigenvalue weighted by atomic mass is 16.6. The number of carbonyl (C=O) groups excluding carboxylic acids is 3. The topological polar surface area (TPSA) is 88.2 Å². The van der Waals surface area contributed by atoms with E-state index in [9.17, 15) is 14.4 Å². The van der Waals surface area contributed by atoms with Gasteiger partial charge in [0, 0.05) is 13.1 Å². The summed E-state index contributed by atoms with van der Waals surface area (Å²) in [5, 5.41) is 2.87.